The average molecular weight is 284 g/mol. The zero-order valence-electron chi connectivity index (χ0n) is 12.5. The Morgan fingerprint density at radius 1 is 1.14 bits per heavy atom. The first kappa shape index (κ1) is 13.8. The Kier molecular flexibility index (Phi) is 3.73. The van der Waals surface area contributed by atoms with E-state index in [2.05, 4.69) is 16.4 Å². The smallest absolute Gasteiger partial charge is 0.253 e. The van der Waals surface area contributed by atoms with Crippen LogP contribution in [0.15, 0.2) is 30.6 Å². The van der Waals surface area contributed by atoms with Crippen LogP contribution in [-0.2, 0) is 0 Å². The molecule has 21 heavy (non-hydrogen) atoms. The first-order valence-corrected chi connectivity index (χ1v) is 7.37. The summed E-state index contributed by atoms with van der Waals surface area (Å²) in [6.07, 6.45) is 5.46. The van der Waals surface area contributed by atoms with Gasteiger partial charge in [-0.1, -0.05) is 22.4 Å². The largest absolute Gasteiger partial charge is 0.338 e. The van der Waals surface area contributed by atoms with Crippen LogP contribution < -0.4 is 0 Å². The molecule has 0 N–H and O–H groups in total. The van der Waals surface area contributed by atoms with Gasteiger partial charge >= 0.3 is 0 Å². The van der Waals surface area contributed by atoms with Gasteiger partial charge < -0.3 is 4.90 Å². The monoisotopic (exact) mass is 284 g/mol. The first-order chi connectivity index (χ1) is 10.1. The number of hydrogen-bond donors (Lipinski definition) is 0. The van der Waals surface area contributed by atoms with E-state index in [9.17, 15) is 4.79 Å². The molecule has 0 saturated carbocycles. The van der Waals surface area contributed by atoms with E-state index >= 15 is 0 Å². The summed E-state index contributed by atoms with van der Waals surface area (Å²) in [5.41, 5.74) is 3.07. The Hall–Kier alpha value is -2.17. The van der Waals surface area contributed by atoms with Gasteiger partial charge in [-0.25, -0.2) is 4.68 Å². The molecule has 1 aromatic carbocycles. The summed E-state index contributed by atoms with van der Waals surface area (Å²) in [6.45, 7) is 5.61. The molecule has 1 aliphatic rings. The van der Waals surface area contributed by atoms with Gasteiger partial charge in [-0.05, 0) is 38.8 Å². The van der Waals surface area contributed by atoms with Crippen molar-refractivity contribution in [3.05, 3.63) is 47.3 Å². The van der Waals surface area contributed by atoms with Crippen molar-refractivity contribution in [1.82, 2.24) is 19.9 Å². The molecule has 1 saturated heterocycles. The van der Waals surface area contributed by atoms with Crippen LogP contribution in [-0.4, -0.2) is 38.9 Å². The number of carbonyl (C=O) groups excluding carboxylic acids is 1. The topological polar surface area (TPSA) is 51.0 Å². The summed E-state index contributed by atoms with van der Waals surface area (Å²) in [6, 6.07) is 6.39. The highest BCUT2D eigenvalue weighted by molar-refractivity contribution is 5.94. The summed E-state index contributed by atoms with van der Waals surface area (Å²) in [7, 11) is 0. The fourth-order valence-electron chi connectivity index (χ4n) is 3.03. The third-order valence-corrected chi connectivity index (χ3v) is 4.04. The molecule has 0 bridgehead atoms. The molecular formula is C16H20N4O. The van der Waals surface area contributed by atoms with Gasteiger partial charge in [0, 0.05) is 24.8 Å². The molecule has 0 atom stereocenters. The standard InChI is InChI=1S/C16H20N4O/c1-12-9-13(2)11-14(10-12)16(21)19-6-3-15(4-7-19)20-8-5-17-18-20/h5,8-11,15H,3-4,6-7H2,1-2H3. The average Bonchev–Trinajstić information content (AvgIpc) is 3.00. The van der Waals surface area contributed by atoms with E-state index in [0.717, 1.165) is 42.6 Å². The number of rotatable bonds is 2. The van der Waals surface area contributed by atoms with Crippen molar-refractivity contribution in [3.63, 3.8) is 0 Å². The molecule has 2 heterocycles. The summed E-state index contributed by atoms with van der Waals surface area (Å²) >= 11 is 0. The number of piperidine rings is 1. The van der Waals surface area contributed by atoms with Gasteiger partial charge in [0.05, 0.1) is 12.2 Å². The second-order valence-electron chi connectivity index (χ2n) is 5.78. The van der Waals surface area contributed by atoms with Crippen molar-refractivity contribution in [2.45, 2.75) is 32.7 Å². The van der Waals surface area contributed by atoms with E-state index < -0.39 is 0 Å². The van der Waals surface area contributed by atoms with Gasteiger partial charge in [0.1, 0.15) is 0 Å². The zero-order chi connectivity index (χ0) is 14.8. The van der Waals surface area contributed by atoms with Gasteiger partial charge in [-0.15, -0.1) is 5.10 Å². The molecule has 5 heteroatoms. The quantitative estimate of drug-likeness (QED) is 0.850. The highest BCUT2D eigenvalue weighted by Gasteiger charge is 2.25. The van der Waals surface area contributed by atoms with Gasteiger partial charge in [0.2, 0.25) is 0 Å². The molecular weight excluding hydrogens is 264 g/mol. The van der Waals surface area contributed by atoms with Crippen LogP contribution in [0.5, 0.6) is 0 Å². The Labute approximate surface area is 124 Å². The molecule has 3 rings (SSSR count). The van der Waals surface area contributed by atoms with Gasteiger partial charge in [-0.3, -0.25) is 4.79 Å². The number of amides is 1. The van der Waals surface area contributed by atoms with Crippen molar-refractivity contribution in [2.75, 3.05) is 13.1 Å². The molecule has 5 nitrogen and oxygen atoms in total. The number of nitrogens with zero attached hydrogens (tertiary/aromatic N) is 4. The number of likely N-dealkylation sites (tertiary alicyclic amines) is 1. The summed E-state index contributed by atoms with van der Waals surface area (Å²) in [4.78, 5) is 14.5. The molecule has 1 amide bonds. The summed E-state index contributed by atoms with van der Waals surface area (Å²) in [5, 5.41) is 7.91. The lowest BCUT2D eigenvalue weighted by atomic mass is 10.0. The highest BCUT2D eigenvalue weighted by Crippen LogP contribution is 2.23. The van der Waals surface area contributed by atoms with Gasteiger partial charge in [-0.2, -0.15) is 0 Å². The van der Waals surface area contributed by atoms with Crippen molar-refractivity contribution < 1.29 is 4.79 Å². The normalized spacial score (nSPS) is 16.2. The fourth-order valence-corrected chi connectivity index (χ4v) is 3.03. The van der Waals surface area contributed by atoms with E-state index in [1.807, 2.05) is 41.8 Å². The molecule has 1 fully saturated rings. The number of carbonyl (C=O) groups is 1. The second kappa shape index (κ2) is 5.68. The maximum Gasteiger partial charge on any atom is 0.253 e. The molecule has 0 aliphatic carbocycles. The van der Waals surface area contributed by atoms with Crippen LogP contribution in [0.4, 0.5) is 0 Å². The molecule has 1 aromatic heterocycles. The van der Waals surface area contributed by atoms with Crippen molar-refractivity contribution in [1.29, 1.82) is 0 Å². The molecule has 110 valence electrons. The summed E-state index contributed by atoms with van der Waals surface area (Å²) < 4.78 is 1.90. The third-order valence-electron chi connectivity index (χ3n) is 4.04. The highest BCUT2D eigenvalue weighted by atomic mass is 16.2. The van der Waals surface area contributed by atoms with Crippen LogP contribution in [0.3, 0.4) is 0 Å². The van der Waals surface area contributed by atoms with Crippen LogP contribution in [0, 0.1) is 13.8 Å². The maximum absolute atomic E-state index is 12.6. The van der Waals surface area contributed by atoms with E-state index in [4.69, 9.17) is 0 Å². The van der Waals surface area contributed by atoms with Crippen molar-refractivity contribution in [3.8, 4) is 0 Å². The molecule has 2 aromatic rings. The van der Waals surface area contributed by atoms with E-state index in [1.165, 1.54) is 0 Å². The summed E-state index contributed by atoms with van der Waals surface area (Å²) in [5.74, 6) is 0.138. The minimum atomic E-state index is 0.138. The molecule has 0 spiro atoms. The molecule has 0 radical (unpaired) electrons. The SMILES string of the molecule is Cc1cc(C)cc(C(=O)N2CCC(n3ccnn3)CC2)c1. The Bertz CT molecular complexity index is 607. The second-order valence-corrected chi connectivity index (χ2v) is 5.78. The minimum absolute atomic E-state index is 0.138. The number of aryl methyl sites for hydroxylation is 2. The predicted octanol–water partition coefficient (Wildman–Crippen LogP) is 2.37. The lowest BCUT2D eigenvalue weighted by Crippen LogP contribution is -2.39. The number of aromatic nitrogens is 3. The minimum Gasteiger partial charge on any atom is -0.338 e. The first-order valence-electron chi connectivity index (χ1n) is 7.37. The van der Waals surface area contributed by atoms with Crippen molar-refractivity contribution >= 4 is 5.91 Å². The van der Waals surface area contributed by atoms with Crippen LogP contribution in [0.2, 0.25) is 0 Å². The van der Waals surface area contributed by atoms with E-state index in [0.29, 0.717) is 6.04 Å². The lowest BCUT2D eigenvalue weighted by Gasteiger charge is -2.32. The van der Waals surface area contributed by atoms with Crippen LogP contribution in [0.1, 0.15) is 40.4 Å². The predicted molar refractivity (Wildman–Crippen MR) is 80.1 cm³/mol. The Balaban J connectivity index is 1.67. The Morgan fingerprint density at radius 3 is 2.38 bits per heavy atom. The van der Waals surface area contributed by atoms with Crippen LogP contribution >= 0.6 is 0 Å². The maximum atomic E-state index is 12.6. The van der Waals surface area contributed by atoms with Gasteiger partial charge in [0.15, 0.2) is 0 Å². The lowest BCUT2D eigenvalue weighted by molar-refractivity contribution is 0.0689. The molecule has 1 aliphatic heterocycles. The van der Waals surface area contributed by atoms with Crippen molar-refractivity contribution in [2.24, 2.45) is 0 Å². The number of hydrogen-bond acceptors (Lipinski definition) is 3. The third kappa shape index (κ3) is 2.96. The van der Waals surface area contributed by atoms with Gasteiger partial charge in [0.25, 0.3) is 5.91 Å². The fraction of sp³-hybridized carbons (Fsp3) is 0.438. The van der Waals surface area contributed by atoms with Crippen LogP contribution in [0.25, 0.3) is 0 Å². The van der Waals surface area contributed by atoms with E-state index in [-0.39, 0.29) is 5.91 Å². The van der Waals surface area contributed by atoms with E-state index in [1.54, 1.807) is 6.20 Å². The molecule has 0 unspecified atom stereocenters. The Morgan fingerprint density at radius 2 is 1.81 bits per heavy atom. The number of benzene rings is 1. The zero-order valence-corrected chi connectivity index (χ0v) is 12.5.